The minimum absolute atomic E-state index is 0.0966. The van der Waals surface area contributed by atoms with Gasteiger partial charge in [-0.25, -0.2) is 4.79 Å². The molecule has 0 radical (unpaired) electrons. The van der Waals surface area contributed by atoms with E-state index in [0.29, 0.717) is 18.8 Å². The molecule has 1 fully saturated rings. The van der Waals surface area contributed by atoms with Crippen molar-refractivity contribution in [1.82, 2.24) is 10.2 Å². The van der Waals surface area contributed by atoms with E-state index in [1.54, 1.807) is 6.07 Å². The first-order valence-corrected chi connectivity index (χ1v) is 3.91. The van der Waals surface area contributed by atoms with Crippen LogP contribution in [0.2, 0.25) is 0 Å². The van der Waals surface area contributed by atoms with E-state index < -0.39 is 0 Å². The van der Waals surface area contributed by atoms with Gasteiger partial charge in [0, 0.05) is 0 Å². The molecule has 0 aromatic carbocycles. The third-order valence-corrected chi connectivity index (χ3v) is 1.70. The Kier molecular flexibility index (Phi) is 2.18. The van der Waals surface area contributed by atoms with Crippen molar-refractivity contribution in [3.8, 4) is 0 Å². The number of hydrogen-bond acceptors (Lipinski definition) is 5. The highest BCUT2D eigenvalue weighted by atomic mass is 16.6. The largest absolute Gasteiger partial charge is 0.454 e. The fraction of sp³-hybridized carbons (Fsp3) is 0.375. The zero-order valence-corrected chi connectivity index (χ0v) is 6.84. The van der Waals surface area contributed by atoms with Crippen LogP contribution in [0.25, 0.3) is 0 Å². The average Bonchev–Trinajstić information content (AvgIpc) is 2.12. The van der Waals surface area contributed by atoms with Crippen LogP contribution in [0.15, 0.2) is 18.5 Å². The van der Waals surface area contributed by atoms with Crippen molar-refractivity contribution < 1.29 is 14.3 Å². The van der Waals surface area contributed by atoms with Gasteiger partial charge in [0.1, 0.15) is 6.10 Å². The molecule has 1 aromatic rings. The number of ether oxygens (including phenoxy) is 2. The summed E-state index contributed by atoms with van der Waals surface area (Å²) in [7, 11) is 0. The van der Waals surface area contributed by atoms with E-state index in [-0.39, 0.29) is 12.1 Å². The first kappa shape index (κ1) is 8.12. The van der Waals surface area contributed by atoms with Crippen molar-refractivity contribution in [3.63, 3.8) is 0 Å². The molecule has 2 rings (SSSR count). The summed E-state index contributed by atoms with van der Waals surface area (Å²) in [5, 5.41) is 7.13. The Labute approximate surface area is 74.7 Å². The van der Waals surface area contributed by atoms with Crippen molar-refractivity contribution in [2.24, 2.45) is 0 Å². The molecule has 0 unspecified atom stereocenters. The fourth-order valence-electron chi connectivity index (χ4n) is 0.913. The van der Waals surface area contributed by atoms with E-state index in [9.17, 15) is 4.79 Å². The number of aromatic nitrogens is 2. The zero-order valence-electron chi connectivity index (χ0n) is 6.84. The number of nitrogens with zero attached hydrogens (tertiary/aromatic N) is 2. The Morgan fingerprint density at radius 2 is 2.38 bits per heavy atom. The molecule has 13 heavy (non-hydrogen) atoms. The first-order chi connectivity index (χ1) is 6.36. The second-order valence-corrected chi connectivity index (χ2v) is 2.70. The molecule has 0 saturated carbocycles. The predicted molar refractivity (Wildman–Crippen MR) is 42.1 cm³/mol. The average molecular weight is 180 g/mol. The molecule has 1 aliphatic heterocycles. The molecule has 0 N–H and O–H groups in total. The van der Waals surface area contributed by atoms with E-state index in [2.05, 4.69) is 10.2 Å². The van der Waals surface area contributed by atoms with Crippen molar-refractivity contribution in [2.45, 2.75) is 6.10 Å². The van der Waals surface area contributed by atoms with Crippen LogP contribution >= 0.6 is 0 Å². The summed E-state index contributed by atoms with van der Waals surface area (Å²) in [6, 6.07) is 1.56. The highest BCUT2D eigenvalue weighted by Crippen LogP contribution is 2.08. The lowest BCUT2D eigenvalue weighted by atomic mass is 10.3. The summed E-state index contributed by atoms with van der Waals surface area (Å²) >= 11 is 0. The van der Waals surface area contributed by atoms with E-state index in [1.165, 1.54) is 12.4 Å². The summed E-state index contributed by atoms with van der Waals surface area (Å²) in [5.74, 6) is -0.372. The monoisotopic (exact) mass is 180 g/mol. The van der Waals surface area contributed by atoms with Crippen LogP contribution in [-0.4, -0.2) is 35.5 Å². The molecule has 68 valence electrons. The Morgan fingerprint density at radius 1 is 1.54 bits per heavy atom. The Bertz CT molecular complexity index is 298. The van der Waals surface area contributed by atoms with Crippen molar-refractivity contribution in [1.29, 1.82) is 0 Å². The van der Waals surface area contributed by atoms with Gasteiger partial charge in [-0.05, 0) is 6.07 Å². The summed E-state index contributed by atoms with van der Waals surface area (Å²) in [6.07, 6.45) is 2.73. The fourth-order valence-corrected chi connectivity index (χ4v) is 0.913. The van der Waals surface area contributed by atoms with E-state index >= 15 is 0 Å². The van der Waals surface area contributed by atoms with Crippen LogP contribution < -0.4 is 0 Å². The molecule has 2 heterocycles. The molecule has 0 aliphatic carbocycles. The third-order valence-electron chi connectivity index (χ3n) is 1.70. The zero-order chi connectivity index (χ0) is 9.10. The van der Waals surface area contributed by atoms with Gasteiger partial charge in [0.05, 0.1) is 31.2 Å². The number of esters is 1. The molecule has 1 saturated heterocycles. The smallest absolute Gasteiger partial charge is 0.340 e. The molecule has 0 bridgehead atoms. The minimum atomic E-state index is -0.372. The summed E-state index contributed by atoms with van der Waals surface area (Å²) in [5.41, 5.74) is 0.418. The topological polar surface area (TPSA) is 61.3 Å². The molecule has 0 spiro atoms. The van der Waals surface area contributed by atoms with Crippen LogP contribution in [0.4, 0.5) is 0 Å². The molecule has 0 atom stereocenters. The Morgan fingerprint density at radius 3 is 2.92 bits per heavy atom. The lowest BCUT2D eigenvalue weighted by molar-refractivity contribution is -0.103. The lowest BCUT2D eigenvalue weighted by Gasteiger charge is -2.25. The van der Waals surface area contributed by atoms with Gasteiger partial charge >= 0.3 is 5.97 Å². The number of carbonyl (C=O) groups excluding carboxylic acids is 1. The quantitative estimate of drug-likeness (QED) is 0.601. The summed E-state index contributed by atoms with van der Waals surface area (Å²) in [4.78, 5) is 11.3. The maximum atomic E-state index is 11.3. The summed E-state index contributed by atoms with van der Waals surface area (Å²) in [6.45, 7) is 0.981. The van der Waals surface area contributed by atoms with Gasteiger partial charge in [0.2, 0.25) is 0 Å². The van der Waals surface area contributed by atoms with Gasteiger partial charge in [-0.2, -0.15) is 10.2 Å². The number of hydrogen-bond donors (Lipinski definition) is 0. The molecule has 0 amide bonds. The normalized spacial score (nSPS) is 16.3. The summed E-state index contributed by atoms with van der Waals surface area (Å²) < 4.78 is 9.91. The highest BCUT2D eigenvalue weighted by Gasteiger charge is 2.23. The molecular weight excluding hydrogens is 172 g/mol. The SMILES string of the molecule is O=C(OC1COC1)c1ccnnc1. The van der Waals surface area contributed by atoms with Crippen LogP contribution in [-0.2, 0) is 9.47 Å². The van der Waals surface area contributed by atoms with Crippen LogP contribution in [0, 0.1) is 0 Å². The van der Waals surface area contributed by atoms with Gasteiger partial charge in [-0.15, -0.1) is 0 Å². The van der Waals surface area contributed by atoms with Crippen molar-refractivity contribution in [2.75, 3.05) is 13.2 Å². The van der Waals surface area contributed by atoms with Gasteiger partial charge in [0.15, 0.2) is 0 Å². The third kappa shape index (κ3) is 1.81. The van der Waals surface area contributed by atoms with Crippen LogP contribution in [0.3, 0.4) is 0 Å². The standard InChI is InChI=1S/C8H8N2O3/c11-8(13-7-4-12-5-7)6-1-2-9-10-3-6/h1-3,7H,4-5H2. The second-order valence-electron chi connectivity index (χ2n) is 2.70. The van der Waals surface area contributed by atoms with Crippen molar-refractivity contribution >= 4 is 5.97 Å². The molecular formula is C8H8N2O3. The Balaban J connectivity index is 1.97. The van der Waals surface area contributed by atoms with Gasteiger partial charge in [-0.3, -0.25) is 0 Å². The van der Waals surface area contributed by atoms with E-state index in [1.807, 2.05) is 0 Å². The maximum Gasteiger partial charge on any atom is 0.340 e. The molecule has 1 aromatic heterocycles. The van der Waals surface area contributed by atoms with E-state index in [4.69, 9.17) is 9.47 Å². The highest BCUT2D eigenvalue weighted by molar-refractivity contribution is 5.88. The molecule has 5 heteroatoms. The van der Waals surface area contributed by atoms with Gasteiger partial charge < -0.3 is 9.47 Å². The number of carbonyl (C=O) groups is 1. The first-order valence-electron chi connectivity index (χ1n) is 3.91. The minimum Gasteiger partial charge on any atom is -0.454 e. The van der Waals surface area contributed by atoms with E-state index in [0.717, 1.165) is 0 Å². The lowest BCUT2D eigenvalue weighted by Crippen LogP contribution is -2.37. The Hall–Kier alpha value is -1.49. The van der Waals surface area contributed by atoms with Crippen molar-refractivity contribution in [3.05, 3.63) is 24.0 Å². The van der Waals surface area contributed by atoms with Crippen LogP contribution in [0.5, 0.6) is 0 Å². The van der Waals surface area contributed by atoms with Crippen LogP contribution in [0.1, 0.15) is 10.4 Å². The number of rotatable bonds is 2. The second kappa shape index (κ2) is 3.49. The van der Waals surface area contributed by atoms with Gasteiger partial charge in [-0.1, -0.05) is 0 Å². The predicted octanol–water partition coefficient (Wildman–Crippen LogP) is 0.0322. The molecule has 5 nitrogen and oxygen atoms in total. The molecule has 1 aliphatic rings. The van der Waals surface area contributed by atoms with Gasteiger partial charge in [0.25, 0.3) is 0 Å². The maximum absolute atomic E-state index is 11.3.